The Morgan fingerprint density at radius 3 is 2.56 bits per heavy atom. The summed E-state index contributed by atoms with van der Waals surface area (Å²) in [5.74, 6) is 0.812. The van der Waals surface area contributed by atoms with Gasteiger partial charge in [-0.3, -0.25) is 4.79 Å². The molecule has 0 radical (unpaired) electrons. The van der Waals surface area contributed by atoms with Gasteiger partial charge in [-0.05, 0) is 25.0 Å². The summed E-state index contributed by atoms with van der Waals surface area (Å²) in [7, 11) is -0.385. The molecule has 27 heavy (non-hydrogen) atoms. The van der Waals surface area contributed by atoms with Crippen LogP contribution >= 0.6 is 11.8 Å². The number of rotatable bonds is 6. The van der Waals surface area contributed by atoms with Gasteiger partial charge in [0.05, 0.1) is 11.7 Å². The van der Waals surface area contributed by atoms with Gasteiger partial charge in [-0.25, -0.2) is 0 Å². The van der Waals surface area contributed by atoms with Crippen LogP contribution in [0.2, 0.25) is 0 Å². The maximum Gasteiger partial charge on any atom is 0.281 e. The van der Waals surface area contributed by atoms with Gasteiger partial charge >= 0.3 is 0 Å². The van der Waals surface area contributed by atoms with E-state index < -0.39 is 10.2 Å². The Kier molecular flexibility index (Phi) is 6.80. The van der Waals surface area contributed by atoms with E-state index in [1.165, 1.54) is 22.7 Å². The molecule has 2 aliphatic heterocycles. The smallest absolute Gasteiger partial charge is 0.281 e. The van der Waals surface area contributed by atoms with Crippen LogP contribution in [0.4, 0.5) is 0 Å². The van der Waals surface area contributed by atoms with Crippen molar-refractivity contribution in [1.82, 2.24) is 13.5 Å². The molecular weight excluding hydrogens is 386 g/mol. The van der Waals surface area contributed by atoms with Crippen LogP contribution < -0.4 is 0 Å². The molecule has 2 fully saturated rings. The van der Waals surface area contributed by atoms with Crippen LogP contribution in [-0.4, -0.2) is 86.6 Å². The average Bonchev–Trinajstić information content (AvgIpc) is 3.19. The first kappa shape index (κ1) is 20.6. The summed E-state index contributed by atoms with van der Waals surface area (Å²) < 4.78 is 32.8. The predicted octanol–water partition coefficient (Wildman–Crippen LogP) is 1.52. The molecule has 0 unspecified atom stereocenters. The van der Waals surface area contributed by atoms with E-state index in [4.69, 9.17) is 4.74 Å². The first-order valence-corrected chi connectivity index (χ1v) is 11.6. The second kappa shape index (κ2) is 8.91. The lowest BCUT2D eigenvalue weighted by molar-refractivity contribution is 0.0691. The van der Waals surface area contributed by atoms with Gasteiger partial charge in [0, 0.05) is 57.5 Å². The highest BCUT2D eigenvalue weighted by Gasteiger charge is 2.31. The third-order valence-corrected chi connectivity index (χ3v) is 8.03. The largest absolute Gasteiger partial charge is 0.377 e. The van der Waals surface area contributed by atoms with Crippen molar-refractivity contribution in [1.29, 1.82) is 0 Å². The fourth-order valence-corrected chi connectivity index (χ4v) is 5.45. The van der Waals surface area contributed by atoms with Crippen LogP contribution in [0.15, 0.2) is 29.2 Å². The summed E-state index contributed by atoms with van der Waals surface area (Å²) in [5.41, 5.74) is 0.685. The summed E-state index contributed by atoms with van der Waals surface area (Å²) in [6.45, 7) is 2.26. The standard InChI is InChI=1S/C18H27N3O4S2/c1-19(2)27(23,24)21-11-9-20(10-12-21)18(22)16-7-3-4-8-17(16)26-14-15-6-5-13-25-15/h3-4,7-8,15H,5-6,9-14H2,1-2H3/t15-/m1/s1. The molecule has 0 saturated carbocycles. The third-order valence-electron chi connectivity index (χ3n) is 4.88. The van der Waals surface area contributed by atoms with Crippen molar-refractivity contribution in [3.05, 3.63) is 29.8 Å². The number of thioether (sulfide) groups is 1. The van der Waals surface area contributed by atoms with E-state index in [1.54, 1.807) is 16.7 Å². The monoisotopic (exact) mass is 413 g/mol. The summed E-state index contributed by atoms with van der Waals surface area (Å²) in [6.07, 6.45) is 2.44. The van der Waals surface area contributed by atoms with E-state index in [9.17, 15) is 13.2 Å². The first-order chi connectivity index (χ1) is 12.9. The molecule has 9 heteroatoms. The number of hydrogen-bond acceptors (Lipinski definition) is 5. The average molecular weight is 414 g/mol. The van der Waals surface area contributed by atoms with Crippen molar-refractivity contribution in [2.45, 2.75) is 23.8 Å². The van der Waals surface area contributed by atoms with Gasteiger partial charge in [-0.2, -0.15) is 17.0 Å². The number of carbonyl (C=O) groups excluding carboxylic acids is 1. The third kappa shape index (κ3) is 4.83. The van der Waals surface area contributed by atoms with Crippen molar-refractivity contribution < 1.29 is 17.9 Å². The van der Waals surface area contributed by atoms with Crippen LogP contribution in [0.5, 0.6) is 0 Å². The lowest BCUT2D eigenvalue weighted by Crippen LogP contribution is -2.53. The first-order valence-electron chi connectivity index (χ1n) is 9.20. The number of amides is 1. The van der Waals surface area contributed by atoms with Crippen LogP contribution in [0.25, 0.3) is 0 Å². The minimum absolute atomic E-state index is 0.0349. The molecule has 0 bridgehead atoms. The van der Waals surface area contributed by atoms with Crippen molar-refractivity contribution in [2.24, 2.45) is 0 Å². The Balaban J connectivity index is 1.63. The predicted molar refractivity (Wildman–Crippen MR) is 106 cm³/mol. The van der Waals surface area contributed by atoms with Gasteiger partial charge < -0.3 is 9.64 Å². The van der Waals surface area contributed by atoms with Crippen LogP contribution in [0.3, 0.4) is 0 Å². The molecule has 1 aromatic carbocycles. The molecule has 0 N–H and O–H groups in total. The second-order valence-corrected chi connectivity index (χ2v) is 10.1. The van der Waals surface area contributed by atoms with Gasteiger partial charge in [0.15, 0.2) is 0 Å². The van der Waals surface area contributed by atoms with Crippen molar-refractivity contribution in [2.75, 3.05) is 52.6 Å². The number of nitrogens with zero attached hydrogens (tertiary/aromatic N) is 3. The number of piperazine rings is 1. The van der Waals surface area contributed by atoms with E-state index in [1.807, 2.05) is 24.3 Å². The molecule has 0 spiro atoms. The zero-order valence-corrected chi connectivity index (χ0v) is 17.5. The highest BCUT2D eigenvalue weighted by Crippen LogP contribution is 2.28. The van der Waals surface area contributed by atoms with Crippen LogP contribution in [0.1, 0.15) is 23.2 Å². The van der Waals surface area contributed by atoms with E-state index in [2.05, 4.69) is 0 Å². The van der Waals surface area contributed by atoms with E-state index in [-0.39, 0.29) is 12.0 Å². The zero-order chi connectivity index (χ0) is 19.4. The highest BCUT2D eigenvalue weighted by molar-refractivity contribution is 7.99. The fourth-order valence-electron chi connectivity index (χ4n) is 3.25. The molecule has 7 nitrogen and oxygen atoms in total. The highest BCUT2D eigenvalue weighted by atomic mass is 32.2. The molecule has 2 heterocycles. The molecule has 1 atom stereocenters. The second-order valence-electron chi connectivity index (χ2n) is 6.92. The van der Waals surface area contributed by atoms with E-state index >= 15 is 0 Å². The minimum Gasteiger partial charge on any atom is -0.377 e. The van der Waals surface area contributed by atoms with Gasteiger partial charge in [-0.1, -0.05) is 12.1 Å². The van der Waals surface area contributed by atoms with E-state index in [0.717, 1.165) is 30.1 Å². The van der Waals surface area contributed by atoms with Crippen molar-refractivity contribution >= 4 is 27.9 Å². The topological polar surface area (TPSA) is 70.2 Å². The van der Waals surface area contributed by atoms with Gasteiger partial charge in [-0.15, -0.1) is 11.8 Å². The zero-order valence-electron chi connectivity index (χ0n) is 15.8. The summed E-state index contributed by atoms with van der Waals surface area (Å²) in [6, 6.07) is 7.63. The minimum atomic E-state index is -3.43. The van der Waals surface area contributed by atoms with Gasteiger partial charge in [0.2, 0.25) is 0 Å². The molecule has 1 amide bonds. The molecule has 0 aliphatic carbocycles. The number of ether oxygens (including phenoxy) is 1. The fraction of sp³-hybridized carbons (Fsp3) is 0.611. The summed E-state index contributed by atoms with van der Waals surface area (Å²) >= 11 is 1.66. The number of benzene rings is 1. The van der Waals surface area contributed by atoms with Gasteiger partial charge in [0.25, 0.3) is 16.1 Å². The Hall–Kier alpha value is -1.13. The maximum atomic E-state index is 13.0. The number of carbonyl (C=O) groups is 1. The van der Waals surface area contributed by atoms with E-state index in [0.29, 0.717) is 31.7 Å². The normalized spacial score (nSPS) is 21.7. The Morgan fingerprint density at radius 1 is 1.22 bits per heavy atom. The molecule has 0 aromatic heterocycles. The Bertz CT molecular complexity index is 756. The molecule has 1 aromatic rings. The molecule has 2 aliphatic rings. The lowest BCUT2D eigenvalue weighted by Gasteiger charge is -2.35. The quantitative estimate of drug-likeness (QED) is 0.662. The molecule has 2 saturated heterocycles. The summed E-state index contributed by atoms with van der Waals surface area (Å²) in [5, 5.41) is 0. The van der Waals surface area contributed by atoms with Crippen LogP contribution in [-0.2, 0) is 14.9 Å². The van der Waals surface area contributed by atoms with Crippen molar-refractivity contribution in [3.63, 3.8) is 0 Å². The molecule has 150 valence electrons. The van der Waals surface area contributed by atoms with Gasteiger partial charge in [0.1, 0.15) is 0 Å². The number of hydrogen-bond donors (Lipinski definition) is 0. The SMILES string of the molecule is CN(C)S(=O)(=O)N1CCN(C(=O)c2ccccc2SC[C@H]2CCCO2)CC1. The Labute approximate surface area is 165 Å². The molecule has 3 rings (SSSR count). The lowest BCUT2D eigenvalue weighted by atomic mass is 10.2. The summed E-state index contributed by atoms with van der Waals surface area (Å²) in [4.78, 5) is 15.7. The Morgan fingerprint density at radius 2 is 1.93 bits per heavy atom. The van der Waals surface area contributed by atoms with Crippen molar-refractivity contribution in [3.8, 4) is 0 Å². The molecular formula is C18H27N3O4S2. The maximum absolute atomic E-state index is 13.0. The van der Waals surface area contributed by atoms with Crippen LogP contribution in [0, 0.1) is 0 Å².